The first-order valence-corrected chi connectivity index (χ1v) is 9.50. The van der Waals surface area contributed by atoms with Crippen LogP contribution in [0.3, 0.4) is 0 Å². The van der Waals surface area contributed by atoms with Crippen LogP contribution in [0.5, 0.6) is 0 Å². The van der Waals surface area contributed by atoms with E-state index >= 15 is 0 Å². The molecule has 152 valence electrons. The number of guanidine groups is 1. The number of halogens is 1. The van der Waals surface area contributed by atoms with Gasteiger partial charge in [0.05, 0.1) is 12.7 Å². The Morgan fingerprint density at radius 2 is 1.96 bits per heavy atom. The summed E-state index contributed by atoms with van der Waals surface area (Å²) < 4.78 is 10.3. The summed E-state index contributed by atoms with van der Waals surface area (Å²) in [6.07, 6.45) is 4.46. The van der Waals surface area contributed by atoms with Gasteiger partial charge in [0.25, 0.3) is 0 Å². The van der Waals surface area contributed by atoms with Gasteiger partial charge in [-0.1, -0.05) is 12.1 Å². The minimum Gasteiger partial charge on any atom is -0.465 e. The molecule has 0 aliphatic heterocycles. The molecule has 1 aliphatic rings. The molecule has 2 rings (SSSR count). The number of carbonyl (C=O) groups excluding carboxylic acids is 1. The van der Waals surface area contributed by atoms with Gasteiger partial charge in [0.1, 0.15) is 0 Å². The highest BCUT2D eigenvalue weighted by atomic mass is 127. The molecule has 1 saturated carbocycles. The summed E-state index contributed by atoms with van der Waals surface area (Å²) in [7, 11) is 1.39. The van der Waals surface area contributed by atoms with E-state index < -0.39 is 0 Å². The summed E-state index contributed by atoms with van der Waals surface area (Å²) in [5.74, 6) is 1.34. The van der Waals surface area contributed by atoms with Gasteiger partial charge < -0.3 is 20.1 Å². The number of nitrogens with one attached hydrogen (secondary N) is 2. The minimum atomic E-state index is -0.308. The molecule has 1 aliphatic carbocycles. The third-order valence-corrected chi connectivity index (χ3v) is 4.19. The number of rotatable bonds is 11. The third kappa shape index (κ3) is 9.95. The zero-order valence-electron chi connectivity index (χ0n) is 16.3. The molecule has 0 bridgehead atoms. The Morgan fingerprint density at radius 3 is 2.59 bits per heavy atom. The van der Waals surface area contributed by atoms with Crippen molar-refractivity contribution in [1.29, 1.82) is 0 Å². The molecule has 0 saturated heterocycles. The summed E-state index contributed by atoms with van der Waals surface area (Å²) in [5.41, 5.74) is 1.73. The van der Waals surface area contributed by atoms with Gasteiger partial charge in [-0.2, -0.15) is 0 Å². The van der Waals surface area contributed by atoms with E-state index in [4.69, 9.17) is 9.47 Å². The molecule has 0 spiro atoms. The lowest BCUT2D eigenvalue weighted by molar-refractivity contribution is 0.0600. The van der Waals surface area contributed by atoms with Gasteiger partial charge >= 0.3 is 5.97 Å². The van der Waals surface area contributed by atoms with E-state index in [1.54, 1.807) is 12.1 Å². The van der Waals surface area contributed by atoms with Crippen LogP contribution in [0.4, 0.5) is 0 Å². The zero-order chi connectivity index (χ0) is 18.6. The SMILES string of the molecule is CCNC(=NCCCOCC1CC1)NCCc1ccc(C(=O)OC)cc1.I. The number of esters is 1. The van der Waals surface area contributed by atoms with Crippen molar-refractivity contribution < 1.29 is 14.3 Å². The average molecular weight is 489 g/mol. The second-order valence-corrected chi connectivity index (χ2v) is 6.50. The number of aliphatic imine (C=N–C) groups is 1. The first kappa shape index (κ1) is 23.7. The number of benzene rings is 1. The van der Waals surface area contributed by atoms with E-state index in [2.05, 4.69) is 22.5 Å². The summed E-state index contributed by atoms with van der Waals surface area (Å²) in [6, 6.07) is 7.49. The van der Waals surface area contributed by atoms with Crippen LogP contribution in [0, 0.1) is 5.92 Å². The highest BCUT2D eigenvalue weighted by Crippen LogP contribution is 2.28. The number of nitrogens with zero attached hydrogens (tertiary/aromatic N) is 1. The number of carbonyl (C=O) groups is 1. The fourth-order valence-corrected chi connectivity index (χ4v) is 2.48. The van der Waals surface area contributed by atoms with Gasteiger partial charge in [-0.15, -0.1) is 24.0 Å². The molecule has 0 unspecified atom stereocenters. The molecule has 27 heavy (non-hydrogen) atoms. The largest absolute Gasteiger partial charge is 0.465 e. The van der Waals surface area contributed by atoms with E-state index in [1.807, 2.05) is 12.1 Å². The Hall–Kier alpha value is -1.35. The number of ether oxygens (including phenoxy) is 2. The second kappa shape index (κ2) is 13.8. The topological polar surface area (TPSA) is 72.0 Å². The van der Waals surface area contributed by atoms with Crippen molar-refractivity contribution >= 4 is 35.9 Å². The summed E-state index contributed by atoms with van der Waals surface area (Å²) >= 11 is 0. The molecule has 1 fully saturated rings. The Morgan fingerprint density at radius 1 is 1.22 bits per heavy atom. The van der Waals surface area contributed by atoms with Crippen LogP contribution < -0.4 is 10.6 Å². The van der Waals surface area contributed by atoms with E-state index in [0.717, 1.165) is 63.1 Å². The molecular weight excluding hydrogens is 457 g/mol. The molecule has 0 amide bonds. The van der Waals surface area contributed by atoms with E-state index in [1.165, 1.54) is 20.0 Å². The quantitative estimate of drug-likeness (QED) is 0.165. The predicted molar refractivity (Wildman–Crippen MR) is 119 cm³/mol. The molecule has 7 heteroatoms. The van der Waals surface area contributed by atoms with Crippen LogP contribution in [-0.2, 0) is 15.9 Å². The fourth-order valence-electron chi connectivity index (χ4n) is 2.48. The fraction of sp³-hybridized carbons (Fsp3) is 0.600. The van der Waals surface area contributed by atoms with Gasteiger partial charge in [-0.3, -0.25) is 4.99 Å². The van der Waals surface area contributed by atoms with E-state index in [9.17, 15) is 4.79 Å². The van der Waals surface area contributed by atoms with Gasteiger partial charge in [0, 0.05) is 32.8 Å². The van der Waals surface area contributed by atoms with Crippen LogP contribution >= 0.6 is 24.0 Å². The Balaban J connectivity index is 0.00000364. The molecule has 1 aromatic carbocycles. The molecule has 6 nitrogen and oxygen atoms in total. The van der Waals surface area contributed by atoms with Crippen LogP contribution in [0.1, 0.15) is 42.1 Å². The van der Waals surface area contributed by atoms with Gasteiger partial charge in [-0.25, -0.2) is 4.79 Å². The maximum Gasteiger partial charge on any atom is 0.337 e. The molecule has 0 heterocycles. The molecular formula is C20H32IN3O3. The van der Waals surface area contributed by atoms with Crippen LogP contribution in [0.2, 0.25) is 0 Å². The number of hydrogen-bond donors (Lipinski definition) is 2. The average Bonchev–Trinajstić information content (AvgIpc) is 3.48. The second-order valence-electron chi connectivity index (χ2n) is 6.50. The molecule has 0 radical (unpaired) electrons. The van der Waals surface area contributed by atoms with Crippen molar-refractivity contribution in [2.24, 2.45) is 10.9 Å². The Bertz CT molecular complexity index is 574. The first-order chi connectivity index (χ1) is 12.7. The Labute approximate surface area is 179 Å². The maximum atomic E-state index is 11.4. The van der Waals surface area contributed by atoms with Crippen molar-refractivity contribution in [3.63, 3.8) is 0 Å². The number of hydrogen-bond acceptors (Lipinski definition) is 4. The molecule has 2 N–H and O–H groups in total. The van der Waals surface area contributed by atoms with Crippen molar-refractivity contribution in [2.75, 3.05) is 40.0 Å². The predicted octanol–water partition coefficient (Wildman–Crippen LogP) is 3.01. The van der Waals surface area contributed by atoms with Gasteiger partial charge in [0.2, 0.25) is 0 Å². The van der Waals surface area contributed by atoms with Crippen molar-refractivity contribution in [3.05, 3.63) is 35.4 Å². The molecule has 1 aromatic rings. The lowest BCUT2D eigenvalue weighted by atomic mass is 10.1. The van der Waals surface area contributed by atoms with E-state index in [-0.39, 0.29) is 29.9 Å². The normalized spacial score (nSPS) is 13.6. The van der Waals surface area contributed by atoms with Crippen molar-refractivity contribution in [1.82, 2.24) is 10.6 Å². The maximum absolute atomic E-state index is 11.4. The molecule has 0 aromatic heterocycles. The highest BCUT2D eigenvalue weighted by molar-refractivity contribution is 14.0. The summed E-state index contributed by atoms with van der Waals surface area (Å²) in [4.78, 5) is 16.0. The monoisotopic (exact) mass is 489 g/mol. The lowest BCUT2D eigenvalue weighted by Gasteiger charge is -2.11. The van der Waals surface area contributed by atoms with Crippen LogP contribution in [-0.4, -0.2) is 51.9 Å². The van der Waals surface area contributed by atoms with Crippen LogP contribution in [0.15, 0.2) is 29.3 Å². The smallest absolute Gasteiger partial charge is 0.337 e. The standard InChI is InChI=1S/C20H31N3O3.HI/c1-3-21-20(22-12-4-14-26-15-17-5-6-17)23-13-11-16-7-9-18(10-8-16)19(24)25-2;/h7-10,17H,3-6,11-15H2,1-2H3,(H2,21,22,23);1H. The first-order valence-electron chi connectivity index (χ1n) is 9.50. The summed E-state index contributed by atoms with van der Waals surface area (Å²) in [6.45, 7) is 6.12. The van der Waals surface area contributed by atoms with Crippen LogP contribution in [0.25, 0.3) is 0 Å². The lowest BCUT2D eigenvalue weighted by Crippen LogP contribution is -2.38. The van der Waals surface area contributed by atoms with Crippen molar-refractivity contribution in [3.8, 4) is 0 Å². The minimum absolute atomic E-state index is 0. The summed E-state index contributed by atoms with van der Waals surface area (Å²) in [5, 5.41) is 6.60. The third-order valence-electron chi connectivity index (χ3n) is 4.19. The molecule has 0 atom stereocenters. The van der Waals surface area contributed by atoms with Gasteiger partial charge in [-0.05, 0) is 56.2 Å². The van der Waals surface area contributed by atoms with Gasteiger partial charge in [0.15, 0.2) is 5.96 Å². The number of methoxy groups -OCH3 is 1. The van der Waals surface area contributed by atoms with E-state index in [0.29, 0.717) is 5.56 Å². The zero-order valence-corrected chi connectivity index (χ0v) is 18.7. The Kier molecular flexibility index (Phi) is 12.1. The highest BCUT2D eigenvalue weighted by Gasteiger charge is 2.20. The van der Waals surface area contributed by atoms with Crippen molar-refractivity contribution in [2.45, 2.75) is 32.6 Å².